The van der Waals surface area contributed by atoms with Gasteiger partial charge in [-0.25, -0.2) is 4.79 Å². The van der Waals surface area contributed by atoms with E-state index in [0.717, 1.165) is 23.0 Å². The maximum atomic E-state index is 13.0. The van der Waals surface area contributed by atoms with Gasteiger partial charge in [-0.05, 0) is 37.3 Å². The van der Waals surface area contributed by atoms with Crippen LogP contribution in [0.5, 0.6) is 0 Å². The molecule has 3 heterocycles. The first-order valence-corrected chi connectivity index (χ1v) is 9.51. The lowest BCUT2D eigenvalue weighted by Gasteiger charge is -2.30. The van der Waals surface area contributed by atoms with E-state index < -0.39 is 24.1 Å². The predicted octanol–water partition coefficient (Wildman–Crippen LogP) is 1.36. The summed E-state index contributed by atoms with van der Waals surface area (Å²) in [4.78, 5) is 13.0. The zero-order valence-corrected chi connectivity index (χ0v) is 16.3. The maximum Gasteiger partial charge on any atom is 0.329 e. The Kier molecular flexibility index (Phi) is 4.27. The van der Waals surface area contributed by atoms with Crippen molar-refractivity contribution in [3.8, 4) is 0 Å². The van der Waals surface area contributed by atoms with E-state index in [1.807, 2.05) is 12.1 Å². The lowest BCUT2D eigenvalue weighted by atomic mass is 9.79. The van der Waals surface area contributed by atoms with Crippen LogP contribution in [0.1, 0.15) is 39.7 Å². The lowest BCUT2D eigenvalue weighted by molar-refractivity contribution is -0.161. The number of benzene rings is 1. The van der Waals surface area contributed by atoms with Crippen molar-refractivity contribution >= 4 is 11.0 Å². The van der Waals surface area contributed by atoms with Gasteiger partial charge < -0.3 is 19.7 Å². The fourth-order valence-electron chi connectivity index (χ4n) is 4.26. The fraction of sp³-hybridized carbons (Fsp3) is 0.650. The summed E-state index contributed by atoms with van der Waals surface area (Å²) in [6.45, 7) is 8.77. The van der Waals surface area contributed by atoms with Crippen LogP contribution in [0.4, 0.5) is 0 Å². The number of aliphatic hydroxyl groups is 2. The molecular formula is C20H28N2O5. The Morgan fingerprint density at radius 3 is 2.67 bits per heavy atom. The largest absolute Gasteiger partial charge is 0.388 e. The van der Waals surface area contributed by atoms with Gasteiger partial charge in [0, 0.05) is 6.54 Å². The van der Waals surface area contributed by atoms with Crippen molar-refractivity contribution < 1.29 is 19.7 Å². The van der Waals surface area contributed by atoms with Gasteiger partial charge in [0.25, 0.3) is 0 Å². The molecule has 1 aromatic carbocycles. The molecule has 0 aliphatic carbocycles. The molecule has 4 rings (SSSR count). The molecule has 2 aliphatic rings. The average molecular weight is 376 g/mol. The first-order chi connectivity index (χ1) is 12.6. The Bertz CT molecular complexity index is 926. The van der Waals surface area contributed by atoms with Crippen LogP contribution in [0.3, 0.4) is 0 Å². The number of ether oxygens (including phenoxy) is 2. The van der Waals surface area contributed by atoms with E-state index in [-0.39, 0.29) is 24.3 Å². The van der Waals surface area contributed by atoms with E-state index in [4.69, 9.17) is 9.47 Å². The molecular weight excluding hydrogens is 348 g/mol. The molecule has 0 spiro atoms. The summed E-state index contributed by atoms with van der Waals surface area (Å²) in [7, 11) is 0. The van der Waals surface area contributed by atoms with Gasteiger partial charge in [0.15, 0.2) is 5.79 Å². The van der Waals surface area contributed by atoms with E-state index in [1.54, 1.807) is 23.0 Å². The highest BCUT2D eigenvalue weighted by molar-refractivity contribution is 5.81. The third-order valence-corrected chi connectivity index (χ3v) is 5.90. The van der Waals surface area contributed by atoms with E-state index >= 15 is 0 Å². The van der Waals surface area contributed by atoms with Gasteiger partial charge in [0.2, 0.25) is 0 Å². The van der Waals surface area contributed by atoms with Crippen LogP contribution in [0.2, 0.25) is 0 Å². The second-order valence-corrected chi connectivity index (χ2v) is 8.78. The quantitative estimate of drug-likeness (QED) is 0.842. The summed E-state index contributed by atoms with van der Waals surface area (Å²) >= 11 is 0. The van der Waals surface area contributed by atoms with Gasteiger partial charge in [-0.15, -0.1) is 0 Å². The normalized spacial score (nSPS) is 25.6. The average Bonchev–Trinajstić information content (AvgIpc) is 3.10. The van der Waals surface area contributed by atoms with Crippen LogP contribution in [0, 0.1) is 0 Å². The molecule has 2 aromatic rings. The molecule has 0 saturated carbocycles. The Morgan fingerprint density at radius 2 is 2.00 bits per heavy atom. The molecule has 1 aromatic heterocycles. The van der Waals surface area contributed by atoms with Crippen molar-refractivity contribution in [1.82, 2.24) is 9.13 Å². The molecule has 0 amide bonds. The van der Waals surface area contributed by atoms with Crippen molar-refractivity contribution in [3.05, 3.63) is 34.2 Å². The van der Waals surface area contributed by atoms with E-state index in [0.29, 0.717) is 6.54 Å². The minimum Gasteiger partial charge on any atom is -0.388 e. The van der Waals surface area contributed by atoms with Crippen LogP contribution < -0.4 is 5.69 Å². The fourth-order valence-corrected chi connectivity index (χ4v) is 4.26. The number of aliphatic hydroxyl groups excluding tert-OH is 2. The number of aryl methyl sites for hydroxylation is 1. The van der Waals surface area contributed by atoms with Gasteiger partial charge in [-0.3, -0.25) is 9.13 Å². The Hall–Kier alpha value is -1.67. The van der Waals surface area contributed by atoms with Gasteiger partial charge in [-0.2, -0.15) is 0 Å². The smallest absolute Gasteiger partial charge is 0.329 e. The second-order valence-electron chi connectivity index (χ2n) is 8.78. The minimum atomic E-state index is -1.14. The minimum absolute atomic E-state index is 0.00310. The van der Waals surface area contributed by atoms with E-state index in [9.17, 15) is 15.0 Å². The summed E-state index contributed by atoms with van der Waals surface area (Å²) in [5.74, 6) is -0.780. The predicted molar refractivity (Wildman–Crippen MR) is 101 cm³/mol. The molecule has 1 saturated heterocycles. The van der Waals surface area contributed by atoms with Gasteiger partial charge >= 0.3 is 5.69 Å². The van der Waals surface area contributed by atoms with Crippen molar-refractivity contribution in [2.45, 2.75) is 76.7 Å². The summed E-state index contributed by atoms with van der Waals surface area (Å²) in [6, 6.07) is 5.92. The summed E-state index contributed by atoms with van der Waals surface area (Å²) in [5.41, 5.74) is 2.72. The summed E-state index contributed by atoms with van der Waals surface area (Å²) < 4.78 is 14.5. The molecule has 2 N–H and O–H groups in total. The van der Waals surface area contributed by atoms with Gasteiger partial charge in [-0.1, -0.05) is 26.0 Å². The number of nitrogens with zero attached hydrogens (tertiary/aromatic N) is 2. The second kappa shape index (κ2) is 6.17. The molecule has 3 atom stereocenters. The Morgan fingerprint density at radius 1 is 1.26 bits per heavy atom. The molecule has 148 valence electrons. The van der Waals surface area contributed by atoms with Crippen molar-refractivity contribution in [3.63, 3.8) is 0 Å². The number of aromatic nitrogens is 2. The highest BCUT2D eigenvalue weighted by Crippen LogP contribution is 2.37. The van der Waals surface area contributed by atoms with Crippen LogP contribution in [-0.2, 0) is 28.0 Å². The monoisotopic (exact) mass is 376 g/mol. The van der Waals surface area contributed by atoms with Gasteiger partial charge in [0.1, 0.15) is 18.3 Å². The molecule has 27 heavy (non-hydrogen) atoms. The SMILES string of the molecule is CC1(C)OC[C@H]([C@@H](O)[C@@H](O)Cn2c(=O)n3c4c(cccc42)C(C)(C)CC3)O1. The topological polar surface area (TPSA) is 85.9 Å². The summed E-state index contributed by atoms with van der Waals surface area (Å²) in [6.07, 6.45) is -2.01. The highest BCUT2D eigenvalue weighted by Gasteiger charge is 2.40. The van der Waals surface area contributed by atoms with E-state index in [2.05, 4.69) is 19.9 Å². The number of imidazole rings is 1. The number of rotatable bonds is 4. The maximum absolute atomic E-state index is 13.0. The molecule has 7 nitrogen and oxygen atoms in total. The van der Waals surface area contributed by atoms with Crippen LogP contribution in [-0.4, -0.2) is 50.1 Å². The molecule has 7 heteroatoms. The molecule has 0 bridgehead atoms. The third-order valence-electron chi connectivity index (χ3n) is 5.90. The third kappa shape index (κ3) is 3.02. The van der Waals surface area contributed by atoms with Crippen LogP contribution in [0.15, 0.2) is 23.0 Å². The number of para-hydroxylation sites is 1. The Balaban J connectivity index is 1.67. The standard InChI is InChI=1S/C20H28N2O5/c1-19(2)8-9-21-16-12(19)6-5-7-13(16)22(18(21)25)10-14(23)17(24)15-11-26-20(3,4)27-15/h5-7,14-15,17,23-24H,8-11H2,1-4H3/t14-,15+,17-/m0/s1. The first kappa shape index (κ1) is 18.7. The van der Waals surface area contributed by atoms with Crippen LogP contribution in [0.25, 0.3) is 11.0 Å². The Labute approximate surface area is 158 Å². The van der Waals surface area contributed by atoms with Crippen molar-refractivity contribution in [2.75, 3.05) is 6.61 Å². The molecule has 0 radical (unpaired) electrons. The zero-order chi connectivity index (χ0) is 19.6. The van der Waals surface area contributed by atoms with Crippen LogP contribution >= 0.6 is 0 Å². The lowest BCUT2D eigenvalue weighted by Crippen LogP contribution is -2.43. The number of hydrogen-bond donors (Lipinski definition) is 2. The van der Waals surface area contributed by atoms with Crippen molar-refractivity contribution in [2.24, 2.45) is 0 Å². The van der Waals surface area contributed by atoms with Crippen molar-refractivity contribution in [1.29, 1.82) is 0 Å². The highest BCUT2D eigenvalue weighted by atomic mass is 16.7. The molecule has 2 aliphatic heterocycles. The first-order valence-electron chi connectivity index (χ1n) is 9.51. The number of hydrogen-bond acceptors (Lipinski definition) is 5. The molecule has 1 fully saturated rings. The summed E-state index contributed by atoms with van der Waals surface area (Å²) in [5, 5.41) is 21.1. The van der Waals surface area contributed by atoms with E-state index in [1.165, 1.54) is 0 Å². The molecule has 0 unspecified atom stereocenters. The zero-order valence-electron chi connectivity index (χ0n) is 16.3. The van der Waals surface area contributed by atoms with Gasteiger partial charge in [0.05, 0.1) is 24.2 Å².